The number of rotatable bonds is 7. The van der Waals surface area contributed by atoms with Crippen LogP contribution in [0.15, 0.2) is 53.4 Å². The number of halogens is 1. The van der Waals surface area contributed by atoms with E-state index in [9.17, 15) is 13.2 Å². The minimum atomic E-state index is -3.57. The van der Waals surface area contributed by atoms with E-state index >= 15 is 0 Å². The van der Waals surface area contributed by atoms with E-state index in [1.807, 2.05) is 13.8 Å². The third kappa shape index (κ3) is 5.56. The molecule has 5 nitrogen and oxygen atoms in total. The van der Waals surface area contributed by atoms with E-state index in [4.69, 9.17) is 11.6 Å². The highest BCUT2D eigenvalue weighted by molar-refractivity contribution is 7.89. The van der Waals surface area contributed by atoms with Crippen LogP contribution in [0.1, 0.15) is 30.6 Å². The predicted octanol–water partition coefficient (Wildman–Crippen LogP) is 3.92. The smallest absolute Gasteiger partial charge is 0.255 e. The summed E-state index contributed by atoms with van der Waals surface area (Å²) in [5.41, 5.74) is 0.849. The van der Waals surface area contributed by atoms with Crippen LogP contribution in [0, 0.1) is 5.92 Å². The molecule has 25 heavy (non-hydrogen) atoms. The fraction of sp³-hybridized carbons (Fsp3) is 0.278. The lowest BCUT2D eigenvalue weighted by atomic mass is 10.1. The highest BCUT2D eigenvalue weighted by Crippen LogP contribution is 2.21. The van der Waals surface area contributed by atoms with Crippen LogP contribution in [0.25, 0.3) is 0 Å². The van der Waals surface area contributed by atoms with Crippen molar-refractivity contribution in [3.63, 3.8) is 0 Å². The lowest BCUT2D eigenvalue weighted by molar-refractivity contribution is 0.102. The molecule has 0 aliphatic heterocycles. The van der Waals surface area contributed by atoms with Gasteiger partial charge in [0.05, 0.1) is 15.6 Å². The number of amides is 1. The Balaban J connectivity index is 2.06. The first kappa shape index (κ1) is 19.4. The second-order valence-corrected chi connectivity index (χ2v) is 8.21. The van der Waals surface area contributed by atoms with Gasteiger partial charge in [0.1, 0.15) is 0 Å². The van der Waals surface area contributed by atoms with E-state index < -0.39 is 10.0 Å². The topological polar surface area (TPSA) is 75.3 Å². The van der Waals surface area contributed by atoms with Crippen LogP contribution < -0.4 is 10.0 Å². The Morgan fingerprint density at radius 1 is 1.08 bits per heavy atom. The fourth-order valence-corrected chi connectivity index (χ4v) is 3.34. The first-order chi connectivity index (χ1) is 11.8. The minimum absolute atomic E-state index is 0.130. The second kappa shape index (κ2) is 8.47. The Kier molecular flexibility index (Phi) is 6.58. The highest BCUT2D eigenvalue weighted by Gasteiger charge is 2.15. The summed E-state index contributed by atoms with van der Waals surface area (Å²) in [7, 11) is -3.57. The van der Waals surface area contributed by atoms with Crippen molar-refractivity contribution in [2.75, 3.05) is 11.9 Å². The number of carbonyl (C=O) groups is 1. The molecule has 2 aromatic rings. The summed E-state index contributed by atoms with van der Waals surface area (Å²) < 4.78 is 27.0. The Bertz CT molecular complexity index is 834. The molecule has 134 valence electrons. The maximum absolute atomic E-state index is 12.2. The molecule has 0 aliphatic rings. The first-order valence-corrected chi connectivity index (χ1v) is 9.81. The van der Waals surface area contributed by atoms with Gasteiger partial charge >= 0.3 is 0 Å². The Morgan fingerprint density at radius 2 is 1.72 bits per heavy atom. The first-order valence-electron chi connectivity index (χ1n) is 7.95. The van der Waals surface area contributed by atoms with Gasteiger partial charge in [-0.1, -0.05) is 37.6 Å². The van der Waals surface area contributed by atoms with Crippen LogP contribution in [0.2, 0.25) is 5.02 Å². The SMILES string of the molecule is CC(C)CCNS(=O)(=O)c1ccc(C(=O)Nc2ccccc2Cl)cc1. The van der Waals surface area contributed by atoms with Gasteiger partial charge in [0.25, 0.3) is 5.91 Å². The summed E-state index contributed by atoms with van der Waals surface area (Å²) >= 11 is 6.01. The summed E-state index contributed by atoms with van der Waals surface area (Å²) in [5, 5.41) is 3.13. The quantitative estimate of drug-likeness (QED) is 0.764. The standard InChI is InChI=1S/C18H21ClN2O3S/c1-13(2)11-12-20-25(23,24)15-9-7-14(8-10-15)18(22)21-17-6-4-3-5-16(17)19/h3-10,13,20H,11-12H2,1-2H3,(H,21,22). The van der Waals surface area contributed by atoms with Gasteiger partial charge in [0, 0.05) is 12.1 Å². The second-order valence-electron chi connectivity index (χ2n) is 6.04. The summed E-state index contributed by atoms with van der Waals surface area (Å²) in [6.07, 6.45) is 0.761. The van der Waals surface area contributed by atoms with Gasteiger partial charge in [0.2, 0.25) is 10.0 Å². The molecule has 0 aliphatic carbocycles. The average Bonchev–Trinajstić information content (AvgIpc) is 2.56. The van der Waals surface area contributed by atoms with Crippen molar-refractivity contribution in [2.24, 2.45) is 5.92 Å². The number of carbonyl (C=O) groups excluding carboxylic acids is 1. The van der Waals surface area contributed by atoms with Gasteiger partial charge < -0.3 is 5.32 Å². The zero-order valence-electron chi connectivity index (χ0n) is 14.1. The van der Waals surface area contributed by atoms with Gasteiger partial charge in [-0.15, -0.1) is 0 Å². The van der Waals surface area contributed by atoms with Crippen molar-refractivity contribution in [3.05, 3.63) is 59.1 Å². The molecule has 0 spiro atoms. The lowest BCUT2D eigenvalue weighted by Crippen LogP contribution is -2.25. The summed E-state index contributed by atoms with van der Waals surface area (Å²) in [6, 6.07) is 12.7. The zero-order valence-corrected chi connectivity index (χ0v) is 15.7. The van der Waals surface area contributed by atoms with E-state index in [-0.39, 0.29) is 10.8 Å². The van der Waals surface area contributed by atoms with E-state index in [0.29, 0.717) is 28.7 Å². The van der Waals surface area contributed by atoms with Crippen molar-refractivity contribution in [2.45, 2.75) is 25.2 Å². The molecule has 0 bridgehead atoms. The molecule has 2 rings (SSSR count). The molecule has 0 aromatic heterocycles. The number of sulfonamides is 1. The molecule has 0 saturated carbocycles. The van der Waals surface area contributed by atoms with Gasteiger partial charge in [-0.05, 0) is 48.7 Å². The number of nitrogens with one attached hydrogen (secondary N) is 2. The average molecular weight is 381 g/mol. The van der Waals surface area contributed by atoms with Crippen LogP contribution in [-0.2, 0) is 10.0 Å². The monoisotopic (exact) mass is 380 g/mol. The van der Waals surface area contributed by atoms with E-state index in [2.05, 4.69) is 10.0 Å². The van der Waals surface area contributed by atoms with Crippen molar-refractivity contribution in [1.29, 1.82) is 0 Å². The van der Waals surface area contributed by atoms with Gasteiger partial charge in [0.15, 0.2) is 0 Å². The lowest BCUT2D eigenvalue weighted by Gasteiger charge is -2.10. The molecule has 0 heterocycles. The van der Waals surface area contributed by atoms with Crippen molar-refractivity contribution >= 4 is 33.2 Å². The van der Waals surface area contributed by atoms with Crippen LogP contribution >= 0.6 is 11.6 Å². The molecule has 2 N–H and O–H groups in total. The van der Waals surface area contributed by atoms with Crippen LogP contribution in [0.4, 0.5) is 5.69 Å². The van der Waals surface area contributed by atoms with Crippen molar-refractivity contribution in [1.82, 2.24) is 4.72 Å². The van der Waals surface area contributed by atoms with Crippen molar-refractivity contribution < 1.29 is 13.2 Å². The van der Waals surface area contributed by atoms with Crippen LogP contribution in [0.3, 0.4) is 0 Å². The summed E-state index contributed by atoms with van der Waals surface area (Å²) in [4.78, 5) is 12.4. The number of hydrogen-bond acceptors (Lipinski definition) is 3. The molecular formula is C18H21ClN2O3S. The maximum Gasteiger partial charge on any atom is 0.255 e. The fourth-order valence-electron chi connectivity index (χ4n) is 2.11. The van der Waals surface area contributed by atoms with E-state index in [0.717, 1.165) is 6.42 Å². The van der Waals surface area contributed by atoms with Gasteiger partial charge in [-0.3, -0.25) is 4.79 Å². The molecule has 0 unspecified atom stereocenters. The third-order valence-corrected chi connectivity index (χ3v) is 5.37. The minimum Gasteiger partial charge on any atom is -0.321 e. The number of para-hydroxylation sites is 1. The molecule has 0 fully saturated rings. The maximum atomic E-state index is 12.2. The molecule has 0 atom stereocenters. The Hall–Kier alpha value is -1.89. The molecule has 1 amide bonds. The molecule has 0 radical (unpaired) electrons. The Morgan fingerprint density at radius 3 is 2.32 bits per heavy atom. The third-order valence-electron chi connectivity index (χ3n) is 3.56. The van der Waals surface area contributed by atoms with E-state index in [1.165, 1.54) is 24.3 Å². The molecule has 2 aromatic carbocycles. The van der Waals surface area contributed by atoms with Crippen molar-refractivity contribution in [3.8, 4) is 0 Å². The molecular weight excluding hydrogens is 360 g/mol. The highest BCUT2D eigenvalue weighted by atomic mass is 35.5. The Labute approximate surface area is 153 Å². The molecule has 7 heteroatoms. The van der Waals surface area contributed by atoms with Crippen LogP contribution in [-0.4, -0.2) is 20.9 Å². The van der Waals surface area contributed by atoms with Crippen LogP contribution in [0.5, 0.6) is 0 Å². The predicted molar refractivity (Wildman–Crippen MR) is 100 cm³/mol. The molecule has 0 saturated heterocycles. The number of anilines is 1. The normalized spacial score (nSPS) is 11.5. The van der Waals surface area contributed by atoms with Gasteiger partial charge in [-0.25, -0.2) is 13.1 Å². The summed E-state index contributed by atoms with van der Waals surface area (Å²) in [6.45, 7) is 4.44. The zero-order chi connectivity index (χ0) is 18.4. The van der Waals surface area contributed by atoms with Gasteiger partial charge in [-0.2, -0.15) is 0 Å². The van der Waals surface area contributed by atoms with E-state index in [1.54, 1.807) is 24.3 Å². The number of hydrogen-bond donors (Lipinski definition) is 2. The number of benzene rings is 2. The largest absolute Gasteiger partial charge is 0.321 e. The summed E-state index contributed by atoms with van der Waals surface area (Å²) in [5.74, 6) is 0.0587.